The van der Waals surface area contributed by atoms with Crippen LogP contribution in [0.3, 0.4) is 0 Å². The number of hydrogen-bond acceptors (Lipinski definition) is 5. The molecule has 0 unspecified atom stereocenters. The molecule has 1 aliphatic carbocycles. The SMILES string of the molecule is NCCCCN(Cc1nccc2c3ccccc3n(CC(=O)N3CCCCC3)c12)[C@H]1CCCc2cccnc21. The third-order valence-electron chi connectivity index (χ3n) is 8.62. The second-order valence-corrected chi connectivity index (χ2v) is 11.1. The van der Waals surface area contributed by atoms with Gasteiger partial charge in [-0.2, -0.15) is 0 Å². The number of carbonyl (C=O) groups is 1. The molecule has 1 aromatic carbocycles. The Balaban J connectivity index is 1.40. The summed E-state index contributed by atoms with van der Waals surface area (Å²) in [5.41, 5.74) is 11.7. The lowest BCUT2D eigenvalue weighted by molar-refractivity contribution is -0.132. The van der Waals surface area contributed by atoms with Crippen molar-refractivity contribution >= 4 is 27.7 Å². The van der Waals surface area contributed by atoms with Crippen molar-refractivity contribution < 1.29 is 4.79 Å². The van der Waals surface area contributed by atoms with Crippen molar-refractivity contribution in [1.29, 1.82) is 0 Å². The van der Waals surface area contributed by atoms with E-state index >= 15 is 0 Å². The fourth-order valence-electron chi connectivity index (χ4n) is 6.67. The van der Waals surface area contributed by atoms with Gasteiger partial charge in [0.25, 0.3) is 0 Å². The van der Waals surface area contributed by atoms with Gasteiger partial charge in [0.05, 0.1) is 22.9 Å². The van der Waals surface area contributed by atoms with Crippen LogP contribution >= 0.6 is 0 Å². The fraction of sp³-hybridized carbons (Fsp3) is 0.469. The van der Waals surface area contributed by atoms with E-state index in [4.69, 9.17) is 15.7 Å². The van der Waals surface area contributed by atoms with Gasteiger partial charge in [0.2, 0.25) is 5.91 Å². The zero-order chi connectivity index (χ0) is 26.6. The zero-order valence-corrected chi connectivity index (χ0v) is 22.9. The van der Waals surface area contributed by atoms with Crippen LogP contribution < -0.4 is 5.73 Å². The van der Waals surface area contributed by atoms with Gasteiger partial charge < -0.3 is 15.2 Å². The van der Waals surface area contributed by atoms with Crippen molar-refractivity contribution in [1.82, 2.24) is 24.3 Å². The van der Waals surface area contributed by atoms with Crippen molar-refractivity contribution in [3.8, 4) is 0 Å². The summed E-state index contributed by atoms with van der Waals surface area (Å²) in [6.45, 7) is 4.45. The monoisotopic (exact) mass is 524 g/mol. The number of pyridine rings is 2. The summed E-state index contributed by atoms with van der Waals surface area (Å²) in [6, 6.07) is 15.1. The number of unbranched alkanes of at least 4 members (excludes halogenated alkanes) is 1. The Labute approximate surface area is 231 Å². The Hall–Kier alpha value is -3.29. The van der Waals surface area contributed by atoms with Crippen LogP contribution in [0.25, 0.3) is 21.8 Å². The number of rotatable bonds is 9. The number of benzene rings is 1. The minimum atomic E-state index is 0.206. The van der Waals surface area contributed by atoms with E-state index in [2.05, 4.69) is 51.9 Å². The summed E-state index contributed by atoms with van der Waals surface area (Å²) in [6.07, 6.45) is 12.7. The molecule has 2 N–H and O–H groups in total. The van der Waals surface area contributed by atoms with Crippen LogP contribution in [0.4, 0.5) is 0 Å². The van der Waals surface area contributed by atoms with Crippen molar-refractivity contribution in [3.05, 3.63) is 71.8 Å². The van der Waals surface area contributed by atoms with E-state index in [9.17, 15) is 4.79 Å². The van der Waals surface area contributed by atoms with Crippen LogP contribution in [0.1, 0.15) is 67.9 Å². The minimum absolute atomic E-state index is 0.206. The van der Waals surface area contributed by atoms with Gasteiger partial charge in [0.15, 0.2) is 0 Å². The number of aromatic nitrogens is 3. The van der Waals surface area contributed by atoms with Crippen LogP contribution in [-0.4, -0.2) is 56.4 Å². The molecule has 1 atom stereocenters. The minimum Gasteiger partial charge on any atom is -0.341 e. The van der Waals surface area contributed by atoms with Gasteiger partial charge in [-0.3, -0.25) is 19.7 Å². The Morgan fingerprint density at radius 1 is 0.949 bits per heavy atom. The van der Waals surface area contributed by atoms with E-state index in [-0.39, 0.29) is 11.9 Å². The number of para-hydroxylation sites is 1. The van der Waals surface area contributed by atoms with E-state index in [1.165, 1.54) is 34.9 Å². The molecule has 2 aliphatic rings. The molecule has 6 rings (SSSR count). The van der Waals surface area contributed by atoms with Crippen LogP contribution in [0.15, 0.2) is 54.9 Å². The number of nitrogens with zero attached hydrogens (tertiary/aromatic N) is 5. The maximum Gasteiger partial charge on any atom is 0.242 e. The van der Waals surface area contributed by atoms with Gasteiger partial charge in [-0.05, 0) is 88.2 Å². The molecule has 3 aromatic heterocycles. The topological polar surface area (TPSA) is 80.3 Å². The first-order valence-corrected chi connectivity index (χ1v) is 14.7. The van der Waals surface area contributed by atoms with Gasteiger partial charge in [-0.1, -0.05) is 24.3 Å². The molecule has 0 spiro atoms. The molecular weight excluding hydrogens is 484 g/mol. The summed E-state index contributed by atoms with van der Waals surface area (Å²) in [5, 5.41) is 2.35. The molecular formula is C32H40N6O. The van der Waals surface area contributed by atoms with Crippen LogP contribution in [0, 0.1) is 0 Å². The normalized spacial score (nSPS) is 17.7. The molecule has 1 aliphatic heterocycles. The number of aryl methyl sites for hydroxylation is 1. The highest BCUT2D eigenvalue weighted by atomic mass is 16.2. The summed E-state index contributed by atoms with van der Waals surface area (Å²) in [4.78, 5) is 27.9. The van der Waals surface area contributed by atoms with Crippen molar-refractivity contribution in [2.24, 2.45) is 5.73 Å². The molecule has 1 fully saturated rings. The second-order valence-electron chi connectivity index (χ2n) is 11.1. The fourth-order valence-corrected chi connectivity index (χ4v) is 6.67. The molecule has 39 heavy (non-hydrogen) atoms. The standard InChI is InChI=1S/C32H40N6O/c33-16-4-7-21-37(29-14-8-10-24-11-9-17-35-31(24)29)22-27-32-26(15-18-34-27)25-12-2-3-13-28(25)38(32)23-30(39)36-19-5-1-6-20-36/h2-3,9,11-13,15,17-18,29H,1,4-8,10,14,16,19-23,33H2/t29-/m0/s1. The summed E-state index contributed by atoms with van der Waals surface area (Å²) in [7, 11) is 0. The molecule has 1 saturated heterocycles. The Morgan fingerprint density at radius 3 is 2.69 bits per heavy atom. The number of likely N-dealkylation sites (tertiary alicyclic amines) is 1. The molecule has 0 saturated carbocycles. The maximum absolute atomic E-state index is 13.5. The lowest BCUT2D eigenvalue weighted by Crippen LogP contribution is -2.37. The summed E-state index contributed by atoms with van der Waals surface area (Å²) < 4.78 is 2.23. The average molecular weight is 525 g/mol. The smallest absolute Gasteiger partial charge is 0.242 e. The largest absolute Gasteiger partial charge is 0.341 e. The third-order valence-corrected chi connectivity index (χ3v) is 8.62. The second kappa shape index (κ2) is 11.8. The highest BCUT2D eigenvalue weighted by Crippen LogP contribution is 2.36. The number of nitrogens with two attached hydrogens (primary N) is 1. The predicted octanol–water partition coefficient (Wildman–Crippen LogP) is 5.22. The molecule has 204 valence electrons. The van der Waals surface area contributed by atoms with E-state index in [1.807, 2.05) is 17.3 Å². The average Bonchev–Trinajstić information content (AvgIpc) is 3.31. The Kier molecular flexibility index (Phi) is 7.88. The van der Waals surface area contributed by atoms with Gasteiger partial charge in [0, 0.05) is 48.3 Å². The van der Waals surface area contributed by atoms with E-state index in [0.29, 0.717) is 13.1 Å². The third kappa shape index (κ3) is 5.30. The summed E-state index contributed by atoms with van der Waals surface area (Å²) in [5.74, 6) is 0.206. The van der Waals surface area contributed by atoms with Gasteiger partial charge in [-0.15, -0.1) is 0 Å². The van der Waals surface area contributed by atoms with E-state index in [1.54, 1.807) is 0 Å². The molecule has 1 amide bonds. The lowest BCUT2D eigenvalue weighted by atomic mass is 9.90. The summed E-state index contributed by atoms with van der Waals surface area (Å²) >= 11 is 0. The number of fused-ring (bicyclic) bond motifs is 4. The molecule has 0 bridgehead atoms. The molecule has 7 heteroatoms. The zero-order valence-electron chi connectivity index (χ0n) is 22.9. The first-order valence-electron chi connectivity index (χ1n) is 14.7. The van der Waals surface area contributed by atoms with Crippen LogP contribution in [0.5, 0.6) is 0 Å². The van der Waals surface area contributed by atoms with Crippen molar-refractivity contribution in [2.45, 2.75) is 70.5 Å². The highest BCUT2D eigenvalue weighted by molar-refractivity contribution is 6.09. The first-order chi connectivity index (χ1) is 19.2. The van der Waals surface area contributed by atoms with Crippen molar-refractivity contribution in [3.63, 3.8) is 0 Å². The quantitative estimate of drug-likeness (QED) is 0.304. The van der Waals surface area contributed by atoms with Crippen molar-refractivity contribution in [2.75, 3.05) is 26.2 Å². The van der Waals surface area contributed by atoms with Gasteiger partial charge in [0.1, 0.15) is 6.54 Å². The van der Waals surface area contributed by atoms with Crippen LogP contribution in [-0.2, 0) is 24.3 Å². The Bertz CT molecular complexity index is 1440. The number of amides is 1. The van der Waals surface area contributed by atoms with Gasteiger partial charge >= 0.3 is 0 Å². The number of carbonyl (C=O) groups excluding carboxylic acids is 1. The predicted molar refractivity (Wildman–Crippen MR) is 156 cm³/mol. The molecule has 0 radical (unpaired) electrons. The maximum atomic E-state index is 13.5. The van der Waals surface area contributed by atoms with E-state index in [0.717, 1.165) is 81.4 Å². The number of hydrogen-bond donors (Lipinski definition) is 1. The molecule has 4 aromatic rings. The Morgan fingerprint density at radius 2 is 1.82 bits per heavy atom. The number of piperidine rings is 1. The molecule has 4 heterocycles. The molecule has 7 nitrogen and oxygen atoms in total. The van der Waals surface area contributed by atoms with Gasteiger partial charge in [-0.25, -0.2) is 0 Å². The van der Waals surface area contributed by atoms with Crippen LogP contribution in [0.2, 0.25) is 0 Å². The van der Waals surface area contributed by atoms with E-state index < -0.39 is 0 Å². The lowest BCUT2D eigenvalue weighted by Gasteiger charge is -2.35. The first kappa shape index (κ1) is 26.0. The highest BCUT2D eigenvalue weighted by Gasteiger charge is 2.29.